The van der Waals surface area contributed by atoms with Crippen LogP contribution in [0.1, 0.15) is 25.0 Å². The Bertz CT molecular complexity index is 9040. The molecule has 0 nitrogen and oxygen atoms in total. The smallest absolute Gasteiger partial charge is 0.0159 e. The van der Waals surface area contributed by atoms with Crippen LogP contribution in [0.25, 0.3) is 252 Å². The maximum Gasteiger partial charge on any atom is 0.0159 e. The van der Waals surface area contributed by atoms with Gasteiger partial charge in [0, 0.05) is 5.41 Å². The fraction of sp³-hybridized carbons (Fsp3) is 0.0219. The van der Waals surface area contributed by atoms with Gasteiger partial charge in [-0.3, -0.25) is 0 Å². The van der Waals surface area contributed by atoms with Crippen molar-refractivity contribution in [2.45, 2.75) is 19.3 Å². The third kappa shape index (κ3) is 14.3. The molecule has 0 saturated carbocycles. The average Bonchev–Trinajstić information content (AvgIpc) is 1.70. The summed E-state index contributed by atoms with van der Waals surface area (Å²) >= 11 is 0. The Kier molecular flexibility index (Phi) is 20.4. The number of hydrogen-bond acceptors (Lipinski definition) is 0. The Balaban J connectivity index is 0.000000109. The summed E-state index contributed by atoms with van der Waals surface area (Å²) in [6, 6.07) is 192. The number of hydrogen-bond donors (Lipinski definition) is 0. The second-order valence-corrected chi connectivity index (χ2v) is 37.0. The van der Waals surface area contributed by atoms with Gasteiger partial charge in [-0.2, -0.15) is 0 Å². The molecule has 0 spiro atoms. The molecule has 1 aliphatic rings. The van der Waals surface area contributed by atoms with Gasteiger partial charge < -0.3 is 0 Å². The lowest BCUT2D eigenvalue weighted by Crippen LogP contribution is -2.14. The Hall–Kier alpha value is -17.4. The van der Waals surface area contributed by atoms with Crippen LogP contribution in [0.2, 0.25) is 0 Å². The van der Waals surface area contributed by atoms with Crippen molar-refractivity contribution < 1.29 is 0 Å². The van der Waals surface area contributed by atoms with Crippen molar-refractivity contribution >= 4 is 118 Å². The molecule has 0 amide bonds. The van der Waals surface area contributed by atoms with Crippen molar-refractivity contribution in [3.63, 3.8) is 0 Å². The zero-order valence-electron chi connectivity index (χ0n) is 76.2. The summed E-state index contributed by atoms with van der Waals surface area (Å²) in [7, 11) is 0. The predicted molar refractivity (Wildman–Crippen MR) is 589 cm³/mol. The topological polar surface area (TPSA) is 0 Å². The van der Waals surface area contributed by atoms with Crippen molar-refractivity contribution in [2.75, 3.05) is 0 Å². The molecule has 0 atom stereocenters. The minimum absolute atomic E-state index is 0.0404. The molecule has 137 heavy (non-hydrogen) atoms. The monoisotopic (exact) mass is 1740 g/mol. The standard InChI is InChI=1S/C48H32.C45H32.C44H28/c1-4-16-33(17-5-1)37-29-38(34-18-6-2-7-19-34)31-39(30-37)40-28-36-22-10-11-23-41(36)46(32-40)48-44-26-14-12-24-42(44)47(35-20-8-3-9-21-35)43-25-13-15-27-45(43)48;1-45(2)41-23-13-12-18-34(41)35-25-24-30(28-42(35)45)32-26-31-16-6-7-17-33(31)40(27-32)44-38-21-10-8-19-36(38)43(29-14-4-3-5-15-29)37-20-9-11-22-39(37)44;1-2-14-29(15-3-1)43-37-22-10-12-24-39(37)44(40-25-13-11-23-38(40)43)42-28-32(26-30-16-4-7-19-34(30)42)41-27-31-17-5-6-18-33(31)35-20-8-9-21-36(35)41/h1-32H;3-28H,1-2H3;1-28H. The van der Waals surface area contributed by atoms with Crippen LogP contribution < -0.4 is 0 Å². The maximum absolute atomic E-state index is 2.44. The van der Waals surface area contributed by atoms with Gasteiger partial charge in [-0.25, -0.2) is 0 Å². The van der Waals surface area contributed by atoms with Crippen molar-refractivity contribution in [3.05, 3.63) is 533 Å². The zero-order chi connectivity index (χ0) is 91.0. The van der Waals surface area contributed by atoms with Crippen LogP contribution in [-0.2, 0) is 5.41 Å². The Labute approximate surface area is 798 Å². The number of benzene rings is 26. The fourth-order valence-electron chi connectivity index (χ4n) is 22.6. The molecule has 0 radical (unpaired) electrons. The first-order valence-electron chi connectivity index (χ1n) is 47.7. The van der Waals surface area contributed by atoms with Crippen LogP contribution in [0.4, 0.5) is 0 Å². The van der Waals surface area contributed by atoms with Gasteiger partial charge >= 0.3 is 0 Å². The summed E-state index contributed by atoms with van der Waals surface area (Å²) in [5.41, 5.74) is 33.0. The third-order valence-corrected chi connectivity index (χ3v) is 28.9. The third-order valence-electron chi connectivity index (χ3n) is 28.9. The number of fused-ring (bicyclic) bond motifs is 15. The molecule has 0 N–H and O–H groups in total. The highest BCUT2D eigenvalue weighted by atomic mass is 14.4. The molecule has 0 unspecified atom stereocenters. The number of rotatable bonds is 11. The minimum Gasteiger partial charge on any atom is -0.0622 e. The van der Waals surface area contributed by atoms with Gasteiger partial charge in [0.15, 0.2) is 0 Å². The first kappa shape index (κ1) is 81.6. The molecule has 0 saturated heterocycles. The molecule has 0 heterocycles. The van der Waals surface area contributed by atoms with Gasteiger partial charge in [0.2, 0.25) is 0 Å². The van der Waals surface area contributed by atoms with Gasteiger partial charge in [0.05, 0.1) is 0 Å². The first-order chi connectivity index (χ1) is 67.8. The van der Waals surface area contributed by atoms with E-state index in [4.69, 9.17) is 0 Å². The minimum atomic E-state index is -0.0404. The van der Waals surface area contributed by atoms with E-state index in [2.05, 4.69) is 536 Å². The molecule has 26 aromatic rings. The molecule has 0 aromatic heterocycles. The molecule has 1 aliphatic carbocycles. The maximum atomic E-state index is 2.44. The van der Waals surface area contributed by atoms with Crippen molar-refractivity contribution in [2.24, 2.45) is 0 Å². The Morgan fingerprint density at radius 3 is 0.715 bits per heavy atom. The molecule has 0 aliphatic heterocycles. The van der Waals surface area contributed by atoms with Crippen LogP contribution in [0.5, 0.6) is 0 Å². The molecule has 0 bridgehead atoms. The second-order valence-electron chi connectivity index (χ2n) is 37.0. The summed E-state index contributed by atoms with van der Waals surface area (Å²) in [4.78, 5) is 0. The van der Waals surface area contributed by atoms with E-state index in [-0.39, 0.29) is 5.41 Å². The van der Waals surface area contributed by atoms with Crippen LogP contribution in [0.15, 0.2) is 522 Å². The lowest BCUT2D eigenvalue weighted by molar-refractivity contribution is 0.660. The molecule has 0 heteroatoms. The van der Waals surface area contributed by atoms with Crippen LogP contribution in [0.3, 0.4) is 0 Å². The highest BCUT2D eigenvalue weighted by Gasteiger charge is 2.36. The first-order valence-corrected chi connectivity index (χ1v) is 47.7. The Morgan fingerprint density at radius 1 is 0.109 bits per heavy atom. The van der Waals surface area contributed by atoms with E-state index in [9.17, 15) is 0 Å². The zero-order valence-corrected chi connectivity index (χ0v) is 76.2. The molecule has 26 aromatic carbocycles. The van der Waals surface area contributed by atoms with Gasteiger partial charge in [0.1, 0.15) is 0 Å². The lowest BCUT2D eigenvalue weighted by atomic mass is 9.81. The SMILES string of the molecule is CC1(C)c2ccccc2-c2ccc(-c3cc(-c4c5ccccc5c(-c5ccccc5)c5ccccc45)c4ccccc4c3)cc21.c1ccc(-c2c3ccccc3c(-c3cc(-c4cc5ccccc5c5ccccc45)cc4ccccc34)c3ccccc23)cc1.c1ccc(-c2cc(-c3ccccc3)cc(-c3cc(-c4c5ccccc5c(-c5ccccc5)c5ccccc45)c4ccccc4c3)c2)cc1. The summed E-state index contributed by atoms with van der Waals surface area (Å²) in [5.74, 6) is 0. The van der Waals surface area contributed by atoms with E-state index >= 15 is 0 Å². The van der Waals surface area contributed by atoms with Crippen molar-refractivity contribution in [1.82, 2.24) is 0 Å². The largest absolute Gasteiger partial charge is 0.0622 e. The highest BCUT2D eigenvalue weighted by molar-refractivity contribution is 6.28. The van der Waals surface area contributed by atoms with Gasteiger partial charge in [-0.1, -0.05) is 469 Å². The summed E-state index contributed by atoms with van der Waals surface area (Å²) < 4.78 is 0. The van der Waals surface area contributed by atoms with E-state index in [0.29, 0.717) is 0 Å². The van der Waals surface area contributed by atoms with E-state index < -0.39 is 0 Å². The molecule has 0 fully saturated rings. The van der Waals surface area contributed by atoms with Crippen LogP contribution in [-0.4, -0.2) is 0 Å². The quantitative estimate of drug-likeness (QED) is 0.0894. The molecule has 27 rings (SSSR count). The summed E-state index contributed by atoms with van der Waals surface area (Å²) in [6.45, 7) is 4.72. The van der Waals surface area contributed by atoms with E-state index in [0.717, 1.165) is 0 Å². The van der Waals surface area contributed by atoms with Crippen molar-refractivity contribution in [3.8, 4) is 134 Å². The molecular weight excluding hydrogens is 1650 g/mol. The van der Waals surface area contributed by atoms with E-state index in [1.165, 1.54) is 263 Å². The second kappa shape index (κ2) is 34.3. The summed E-state index contributed by atoms with van der Waals surface area (Å²) in [5, 5.41) is 28.0. The normalized spacial score (nSPS) is 12.1. The predicted octanol–water partition coefficient (Wildman–Crippen LogP) is 38.4. The average molecular weight is 1740 g/mol. The van der Waals surface area contributed by atoms with Crippen LogP contribution >= 0.6 is 0 Å². The fourth-order valence-corrected chi connectivity index (χ4v) is 22.6. The summed E-state index contributed by atoms with van der Waals surface area (Å²) in [6.07, 6.45) is 0. The van der Waals surface area contributed by atoms with Gasteiger partial charge in [-0.05, 0) is 330 Å². The lowest BCUT2D eigenvalue weighted by Gasteiger charge is -2.22. The van der Waals surface area contributed by atoms with Gasteiger partial charge in [-0.15, -0.1) is 0 Å². The van der Waals surface area contributed by atoms with Gasteiger partial charge in [0.25, 0.3) is 0 Å². The van der Waals surface area contributed by atoms with E-state index in [1.807, 2.05) is 0 Å². The van der Waals surface area contributed by atoms with Crippen molar-refractivity contribution in [1.29, 1.82) is 0 Å². The highest BCUT2D eigenvalue weighted by Crippen LogP contribution is 2.55. The molecule has 640 valence electrons. The molecular formula is C137H92. The van der Waals surface area contributed by atoms with Crippen LogP contribution in [0, 0.1) is 0 Å². The van der Waals surface area contributed by atoms with E-state index in [1.54, 1.807) is 0 Å². The Morgan fingerprint density at radius 2 is 0.350 bits per heavy atom.